The number of H-pyrrole nitrogens is 1. The van der Waals surface area contributed by atoms with Gasteiger partial charge in [0.05, 0.1) is 60.0 Å². The van der Waals surface area contributed by atoms with E-state index in [1.807, 2.05) is 9.36 Å². The second kappa shape index (κ2) is 24.8. The molecule has 0 bridgehead atoms. The van der Waals surface area contributed by atoms with Crippen molar-refractivity contribution in [1.82, 2.24) is 79.3 Å². The van der Waals surface area contributed by atoms with Crippen molar-refractivity contribution in [1.29, 1.82) is 0 Å². The molecular weight excluding hydrogens is 1070 g/mol. The van der Waals surface area contributed by atoms with Crippen LogP contribution in [0.3, 0.4) is 0 Å². The van der Waals surface area contributed by atoms with E-state index in [0.29, 0.717) is 62.8 Å². The summed E-state index contributed by atoms with van der Waals surface area (Å²) in [4.78, 5) is 47.3. The van der Waals surface area contributed by atoms with E-state index in [9.17, 15) is 9.18 Å². The first-order valence-corrected chi connectivity index (χ1v) is 28.1. The molecule has 0 unspecified atom stereocenters. The molecule has 8 heterocycles. The highest BCUT2D eigenvalue weighted by Crippen LogP contribution is 2.42. The highest BCUT2D eigenvalue weighted by atomic mass is 19.1. The van der Waals surface area contributed by atoms with Crippen molar-refractivity contribution in [2.45, 2.75) is 102 Å². The van der Waals surface area contributed by atoms with Crippen LogP contribution >= 0.6 is 0 Å². The fourth-order valence-electron chi connectivity index (χ4n) is 11.7. The third-order valence-electron chi connectivity index (χ3n) is 16.2. The van der Waals surface area contributed by atoms with Gasteiger partial charge in [-0.1, -0.05) is 0 Å². The number of carbonyl (C=O) groups excluding carboxylic acids is 1. The molecule has 0 radical (unpaired) electrons. The SMILES string of the molecule is COc1cc(-c2nn(C3CCC(N4CCN(C)CC4)CC3)c3ncnc(N)c23)c(F)cc1N.COc1cc(-c2nn(C3CCC(N4CCN(C)CC4)CC3)c3ncnc(N)c23)c(F)cc1NC(=O)OC(C)(C)C.Nc1ncnc2[nH]ncc12. The molecule has 1 amide bonds. The number of nitrogen functional groups attached to an aromatic ring is 4. The number of halogens is 2. The summed E-state index contributed by atoms with van der Waals surface area (Å²) >= 11 is 0. The van der Waals surface area contributed by atoms with Crippen LogP contribution in [0.1, 0.15) is 84.2 Å². The Morgan fingerprint density at radius 3 is 1.52 bits per heavy atom. The van der Waals surface area contributed by atoms with Gasteiger partial charge in [-0.2, -0.15) is 15.3 Å². The number of nitrogens with zero attached hydrogens (tertiary/aromatic N) is 15. The number of hydrogen-bond donors (Lipinski definition) is 6. The number of aromatic nitrogens is 12. The van der Waals surface area contributed by atoms with Crippen molar-refractivity contribution in [3.05, 3.63) is 61.1 Å². The van der Waals surface area contributed by atoms with Crippen LogP contribution in [-0.2, 0) is 4.74 Å². The van der Waals surface area contributed by atoms with Crippen LogP contribution in [0.15, 0.2) is 49.4 Å². The van der Waals surface area contributed by atoms with Gasteiger partial charge < -0.3 is 46.9 Å². The fraction of sp³-hybridized carbons (Fsp3) is 0.500. The number of piperazine rings is 2. The van der Waals surface area contributed by atoms with Gasteiger partial charge in [0.25, 0.3) is 0 Å². The molecule has 2 saturated carbocycles. The van der Waals surface area contributed by atoms with Crippen LogP contribution in [-0.4, -0.2) is 184 Å². The van der Waals surface area contributed by atoms with Gasteiger partial charge in [-0.05, 0) is 98.4 Å². The average Bonchev–Trinajstić information content (AvgIpc) is 2.80. The molecule has 4 fully saturated rings. The smallest absolute Gasteiger partial charge is 0.412 e. The van der Waals surface area contributed by atoms with E-state index in [-0.39, 0.29) is 52.0 Å². The number of likely N-dealkylation sites (N-methyl/N-ethyl adjacent to an activating group) is 2. The number of anilines is 5. The predicted molar refractivity (Wildman–Crippen MR) is 314 cm³/mol. The number of amides is 1. The molecule has 4 aliphatic rings. The van der Waals surface area contributed by atoms with Gasteiger partial charge in [0, 0.05) is 87.7 Å². The normalized spacial score (nSPS) is 20.3. The van der Waals surface area contributed by atoms with E-state index >= 15 is 4.39 Å². The Balaban J connectivity index is 0.000000160. The first kappa shape index (κ1) is 58.1. The van der Waals surface area contributed by atoms with E-state index in [0.717, 1.165) is 109 Å². The number of aromatic amines is 1. The number of nitrogens with one attached hydrogen (secondary N) is 2. The summed E-state index contributed by atoms with van der Waals surface area (Å²) in [5.41, 5.74) is 26.7. The van der Waals surface area contributed by atoms with Crippen LogP contribution in [0.25, 0.3) is 55.6 Å². The summed E-state index contributed by atoms with van der Waals surface area (Å²) in [6.45, 7) is 14.2. The topological polar surface area (TPSA) is 315 Å². The van der Waals surface area contributed by atoms with Crippen LogP contribution in [0.2, 0.25) is 0 Å². The van der Waals surface area contributed by atoms with Crippen molar-refractivity contribution < 1.29 is 27.8 Å². The van der Waals surface area contributed by atoms with Crippen molar-refractivity contribution in [2.24, 2.45) is 0 Å². The maximum Gasteiger partial charge on any atom is 0.412 e. The third-order valence-corrected chi connectivity index (χ3v) is 16.2. The number of benzene rings is 2. The van der Waals surface area contributed by atoms with Gasteiger partial charge >= 0.3 is 6.09 Å². The molecule has 2 aliphatic heterocycles. The summed E-state index contributed by atoms with van der Waals surface area (Å²) < 4.78 is 50.5. The summed E-state index contributed by atoms with van der Waals surface area (Å²) in [6.07, 6.45) is 13.4. The molecule has 0 atom stereocenters. The molecule has 10 N–H and O–H groups in total. The van der Waals surface area contributed by atoms with E-state index in [2.05, 4.69) is 79.1 Å². The first-order valence-electron chi connectivity index (χ1n) is 28.1. The lowest BCUT2D eigenvalue weighted by molar-refractivity contribution is 0.0635. The van der Waals surface area contributed by atoms with Gasteiger partial charge in [-0.3, -0.25) is 20.2 Å². The van der Waals surface area contributed by atoms with Crippen LogP contribution in [0.5, 0.6) is 11.5 Å². The lowest BCUT2D eigenvalue weighted by Gasteiger charge is -2.41. The van der Waals surface area contributed by atoms with Gasteiger partial charge in [0.15, 0.2) is 16.9 Å². The zero-order chi connectivity index (χ0) is 58.7. The predicted octanol–water partition coefficient (Wildman–Crippen LogP) is 6.77. The molecule has 12 rings (SSSR count). The Morgan fingerprint density at radius 2 is 1.05 bits per heavy atom. The Labute approximate surface area is 479 Å². The lowest BCUT2D eigenvalue weighted by Crippen LogP contribution is -2.49. The van der Waals surface area contributed by atoms with Gasteiger partial charge in [0.1, 0.15) is 76.6 Å². The standard InChI is InChI=1S/C28H39FN8O3.C23H31FN8O.C5H5N5/c1-28(2,3)40-27(38)33-21-15-20(29)19(14-22(21)39-5)24-23-25(30)31-16-32-26(23)37(34-24)18-8-6-17(7-9-18)36-12-10-35(4)11-13-36;1-30-7-9-31(10-8-30)14-3-5-15(6-4-14)32-23-20(22(26)27-13-28-23)21(29-32)16-11-19(33-2)18(25)12-17(16)24;6-4-3-1-9-10-5(3)8-2-7-4/h14-18H,6-13H2,1-5H3,(H,33,38)(H2,30,31,32);11-15H,3-10,25H2,1-2H3,(H2,26,27,28);1-2H,(H3,6,7,8,9,10). The summed E-state index contributed by atoms with van der Waals surface area (Å²) in [5, 5.41) is 20.5. The zero-order valence-electron chi connectivity index (χ0n) is 48.1. The van der Waals surface area contributed by atoms with Crippen molar-refractivity contribution in [3.8, 4) is 34.0 Å². The molecule has 2 saturated heterocycles. The average molecular weight is 1140 g/mol. The molecule has 2 aromatic carbocycles. The van der Waals surface area contributed by atoms with Gasteiger partial charge in [0.2, 0.25) is 0 Å². The minimum Gasteiger partial charge on any atom is -0.495 e. The minimum atomic E-state index is -0.711. The van der Waals surface area contributed by atoms with Crippen molar-refractivity contribution in [2.75, 3.05) is 109 Å². The molecule has 27 heteroatoms. The molecular formula is C56H75F2N21O4. The molecule has 83 heavy (non-hydrogen) atoms. The molecule has 2 aliphatic carbocycles. The number of carbonyl (C=O) groups is 1. The van der Waals surface area contributed by atoms with Crippen LogP contribution in [0, 0.1) is 11.6 Å². The molecule has 0 spiro atoms. The lowest BCUT2D eigenvalue weighted by atomic mass is 9.90. The monoisotopic (exact) mass is 1140 g/mol. The van der Waals surface area contributed by atoms with Crippen molar-refractivity contribution >= 4 is 68.0 Å². The maximum atomic E-state index is 15.6. The van der Waals surface area contributed by atoms with E-state index in [4.69, 9.17) is 47.3 Å². The molecule has 8 aromatic rings. The second-order valence-electron chi connectivity index (χ2n) is 22.7. The third kappa shape index (κ3) is 12.8. The summed E-state index contributed by atoms with van der Waals surface area (Å²) in [6, 6.07) is 6.99. The Morgan fingerprint density at radius 1 is 0.602 bits per heavy atom. The molecule has 442 valence electrons. The minimum absolute atomic E-state index is 0.118. The van der Waals surface area contributed by atoms with Gasteiger partial charge in [-0.15, -0.1) is 0 Å². The van der Waals surface area contributed by atoms with Crippen molar-refractivity contribution in [3.63, 3.8) is 0 Å². The maximum absolute atomic E-state index is 15.6. The zero-order valence-corrected chi connectivity index (χ0v) is 48.1. The molecule has 6 aromatic heterocycles. The van der Waals surface area contributed by atoms with E-state index < -0.39 is 23.3 Å². The number of hydrogen-bond acceptors (Lipinski definition) is 21. The Kier molecular flexibility index (Phi) is 17.3. The number of ether oxygens (including phenoxy) is 3. The summed E-state index contributed by atoms with van der Waals surface area (Å²) in [5.74, 6) is 0.528. The van der Waals surface area contributed by atoms with E-state index in [1.165, 1.54) is 51.4 Å². The van der Waals surface area contributed by atoms with Gasteiger partial charge in [-0.25, -0.2) is 52.8 Å². The number of rotatable bonds is 9. The Bertz CT molecular complexity index is 3550. The second-order valence-corrected chi connectivity index (χ2v) is 22.7. The Hall–Kier alpha value is -8.14. The molecule has 25 nitrogen and oxygen atoms in total. The summed E-state index contributed by atoms with van der Waals surface area (Å²) in [7, 11) is 7.30. The highest BCUT2D eigenvalue weighted by Gasteiger charge is 2.34. The van der Waals surface area contributed by atoms with Crippen LogP contribution < -0.4 is 37.7 Å². The number of nitrogens with two attached hydrogens (primary N) is 4. The van der Waals surface area contributed by atoms with Crippen LogP contribution in [0.4, 0.5) is 42.4 Å². The fourth-order valence-corrected chi connectivity index (χ4v) is 11.7. The number of fused-ring (bicyclic) bond motifs is 3. The quantitative estimate of drug-likeness (QED) is 0.0812. The highest BCUT2D eigenvalue weighted by molar-refractivity contribution is 6.00. The first-order chi connectivity index (χ1) is 39.9. The van der Waals surface area contributed by atoms with E-state index in [1.54, 1.807) is 33.0 Å². The largest absolute Gasteiger partial charge is 0.495 e. The number of methoxy groups -OCH3 is 2.